The second kappa shape index (κ2) is 28.0. The summed E-state index contributed by atoms with van der Waals surface area (Å²) in [6.07, 6.45) is 7.66. The second-order valence-corrected chi connectivity index (χ2v) is 33.2. The van der Waals surface area contributed by atoms with E-state index in [1.165, 1.54) is 22.5 Å². The van der Waals surface area contributed by atoms with Gasteiger partial charge < -0.3 is 9.47 Å². The molecule has 0 spiro atoms. The summed E-state index contributed by atoms with van der Waals surface area (Å²) in [5.74, 6) is -0.523. The van der Waals surface area contributed by atoms with Gasteiger partial charge in [-0.2, -0.15) is 0 Å². The lowest BCUT2D eigenvalue weighted by molar-refractivity contribution is -0.275. The van der Waals surface area contributed by atoms with Gasteiger partial charge in [-0.25, -0.2) is 4.44 Å². The molecular weight excluding hydrogens is 951 g/mol. The van der Waals surface area contributed by atoms with Crippen LogP contribution in [0.4, 0.5) is 26.3 Å². The van der Waals surface area contributed by atoms with Crippen molar-refractivity contribution in [1.29, 1.82) is 0 Å². The second-order valence-electron chi connectivity index (χ2n) is 19.5. The van der Waals surface area contributed by atoms with Gasteiger partial charge in [-0.15, -0.1) is 26.3 Å². The molecule has 13 heteroatoms. The van der Waals surface area contributed by atoms with Gasteiger partial charge in [0.2, 0.25) is 0 Å². The Labute approximate surface area is 416 Å². The van der Waals surface area contributed by atoms with Gasteiger partial charge >= 0.3 is 12.7 Å². The van der Waals surface area contributed by atoms with Gasteiger partial charge in [0, 0.05) is 32.8 Å². The number of para-hydroxylation sites is 2. The molecule has 0 N–H and O–H groups in total. The van der Waals surface area contributed by atoms with Gasteiger partial charge in [-0.3, -0.25) is 0 Å². The molecule has 2 unspecified atom stereocenters. The number of halogens is 6. The smallest absolute Gasteiger partial charge is 0.405 e. The highest BCUT2D eigenvalue weighted by molar-refractivity contribution is 7.85. The molecule has 0 heterocycles. The Morgan fingerprint density at radius 1 is 0.464 bits per heavy atom. The Morgan fingerprint density at radius 3 is 1.12 bits per heavy atom. The summed E-state index contributed by atoms with van der Waals surface area (Å²) >= 11 is 0. The van der Waals surface area contributed by atoms with Crippen molar-refractivity contribution in [2.24, 2.45) is 0 Å². The number of alkyl halides is 6. The number of hydrogen-bond donors (Lipinski definition) is 0. The summed E-state index contributed by atoms with van der Waals surface area (Å²) in [6.45, 7) is 13.5. The fraction of sp³-hybridized carbons (Fsp3) is 0.571. The lowest BCUT2D eigenvalue weighted by Crippen LogP contribution is -2.49. The monoisotopic (exact) mass is 1030 g/mol. The molecule has 0 radical (unpaired) electrons. The number of benzene rings is 4. The third-order valence-corrected chi connectivity index (χ3v) is 31.1. The van der Waals surface area contributed by atoms with Crippen LogP contribution in [0.25, 0.3) is 0 Å². The topological polar surface area (TPSA) is 21.7 Å². The number of unbranched alkanes of at least 4 members (excludes halogenated alkanes) is 6. The Hall–Kier alpha value is -2.69. The van der Waals surface area contributed by atoms with E-state index in [1.54, 1.807) is 36.4 Å². The predicted molar refractivity (Wildman–Crippen MR) is 289 cm³/mol. The van der Waals surface area contributed by atoms with Crippen molar-refractivity contribution in [3.63, 3.8) is 0 Å². The first-order chi connectivity index (χ1) is 33.2. The average Bonchev–Trinajstić information content (AvgIpc) is 3.34. The van der Waals surface area contributed by atoms with E-state index in [-0.39, 0.29) is 17.5 Å². The van der Waals surface area contributed by atoms with Gasteiger partial charge in [-0.1, -0.05) is 257 Å². The molecular formula is C56H81F6NO2P2Si2. The van der Waals surface area contributed by atoms with Crippen LogP contribution in [0.5, 0.6) is 11.5 Å². The molecule has 4 aromatic carbocycles. The minimum absolute atomic E-state index is 0.147. The highest BCUT2D eigenvalue weighted by Gasteiger charge is 2.44. The van der Waals surface area contributed by atoms with Gasteiger partial charge in [-0.05, 0) is 47.7 Å². The maximum atomic E-state index is 14.7. The summed E-state index contributed by atoms with van der Waals surface area (Å²) in [5, 5.41) is 5.36. The molecule has 0 aliphatic heterocycles. The van der Waals surface area contributed by atoms with Crippen molar-refractivity contribution in [3.8, 4) is 11.5 Å². The fourth-order valence-corrected chi connectivity index (χ4v) is 28.9. The first kappa shape index (κ1) is 57.2. The molecule has 2 atom stereocenters. The van der Waals surface area contributed by atoms with E-state index in [2.05, 4.69) is 94.5 Å². The third-order valence-electron chi connectivity index (χ3n) is 14.4. The Kier molecular flexibility index (Phi) is 23.2. The molecule has 382 valence electrons. The van der Waals surface area contributed by atoms with Crippen LogP contribution in [-0.2, 0) is 0 Å². The van der Waals surface area contributed by atoms with Crippen LogP contribution in [-0.4, -0.2) is 39.4 Å². The maximum Gasteiger partial charge on any atom is 0.573 e. The van der Waals surface area contributed by atoms with Gasteiger partial charge in [0.15, 0.2) is 0 Å². The highest BCUT2D eigenvalue weighted by Crippen LogP contribution is 2.60. The summed E-state index contributed by atoms with van der Waals surface area (Å²) in [7, 11) is -8.05. The first-order valence-corrected chi connectivity index (χ1v) is 34.3. The lowest BCUT2D eigenvalue weighted by Gasteiger charge is -2.46. The van der Waals surface area contributed by atoms with Crippen LogP contribution in [0, 0.1) is 0 Å². The van der Waals surface area contributed by atoms with Crippen molar-refractivity contribution >= 4 is 63.9 Å². The van der Waals surface area contributed by atoms with Crippen molar-refractivity contribution in [2.45, 2.75) is 206 Å². The van der Waals surface area contributed by atoms with E-state index in [0.717, 1.165) is 156 Å². The summed E-state index contributed by atoms with van der Waals surface area (Å²) in [5.41, 5.74) is 0. The van der Waals surface area contributed by atoms with E-state index in [1.807, 2.05) is 0 Å². The van der Waals surface area contributed by atoms with Gasteiger partial charge in [0.1, 0.15) is 11.5 Å². The van der Waals surface area contributed by atoms with E-state index in [4.69, 9.17) is 9.47 Å². The van der Waals surface area contributed by atoms with Crippen molar-refractivity contribution in [1.82, 2.24) is 4.44 Å². The minimum Gasteiger partial charge on any atom is -0.405 e. The quantitative estimate of drug-likeness (QED) is 0.0307. The largest absolute Gasteiger partial charge is 0.573 e. The molecule has 5 rings (SSSR count). The Balaban J connectivity index is 1.95. The Bertz CT molecular complexity index is 1930. The molecule has 4 aromatic rings. The maximum absolute atomic E-state index is 14.7. The van der Waals surface area contributed by atoms with Crippen LogP contribution in [0.1, 0.15) is 151 Å². The molecule has 1 aliphatic carbocycles. The van der Waals surface area contributed by atoms with E-state index in [0.29, 0.717) is 10.6 Å². The van der Waals surface area contributed by atoms with Crippen LogP contribution in [0.15, 0.2) is 97.1 Å². The number of hydrogen-bond acceptors (Lipinski definition) is 3. The van der Waals surface area contributed by atoms with Crippen LogP contribution < -0.4 is 41.1 Å². The zero-order chi connectivity index (χ0) is 49.9. The molecule has 1 fully saturated rings. The van der Waals surface area contributed by atoms with E-state index >= 15 is 0 Å². The molecule has 3 nitrogen and oxygen atoms in total. The number of ether oxygens (including phenoxy) is 2. The number of nitrogens with zero attached hydrogens (tertiary/aromatic N) is 1. The molecule has 1 aliphatic rings. The molecule has 0 saturated heterocycles. The zero-order valence-corrected chi connectivity index (χ0v) is 46.3. The van der Waals surface area contributed by atoms with Crippen molar-refractivity contribution in [3.05, 3.63) is 97.1 Å². The Morgan fingerprint density at radius 2 is 0.797 bits per heavy atom. The molecule has 0 amide bonds. The lowest BCUT2D eigenvalue weighted by atomic mass is 9.96. The number of rotatable bonds is 29. The van der Waals surface area contributed by atoms with Crippen LogP contribution in [0.3, 0.4) is 0 Å². The van der Waals surface area contributed by atoms with E-state index in [9.17, 15) is 26.3 Å². The van der Waals surface area contributed by atoms with E-state index < -0.39 is 45.0 Å². The fourth-order valence-electron chi connectivity index (χ4n) is 10.8. The van der Waals surface area contributed by atoms with Crippen molar-refractivity contribution in [2.75, 3.05) is 0 Å². The SMILES string of the molecule is CCCC[Si](CCCC)(CCCC)c1cccc(P(c2ccccc2OC(F)(F)F)N(C2CCCCC2)P(c2cccc([Si](CCCC)(CCCC)CCCC)c2)c2ccccc2OC(F)(F)F)c1. The highest BCUT2D eigenvalue weighted by atomic mass is 31.2. The van der Waals surface area contributed by atoms with Crippen LogP contribution >= 0.6 is 16.1 Å². The normalized spacial score (nSPS) is 15.1. The summed E-state index contributed by atoms with van der Waals surface area (Å²) in [4.78, 5) is 0. The molecule has 69 heavy (non-hydrogen) atoms. The third kappa shape index (κ3) is 16.2. The standard InChI is InChI=1S/C56H81F6NO2P2Si2/c1-7-13-38-68(39-14-8-2,40-15-9-3)49-32-26-30-47(44-49)66(53-36-24-22-34-51(53)64-55(57,58)59)63(46-28-20-19-21-29-46)67(54-37-25-23-35-52(54)65-56(60,61)62)48-31-27-33-50(45-48)69(41-16-10-4,42-17-11-5)43-18-12-6/h22-27,30-37,44-46H,7-21,28-29,38-43H2,1-6H3. The molecule has 0 bridgehead atoms. The first-order valence-electron chi connectivity index (χ1n) is 26.5. The van der Waals surface area contributed by atoms with Crippen LogP contribution in [0.2, 0.25) is 36.3 Å². The average molecular weight is 1030 g/mol. The predicted octanol–water partition coefficient (Wildman–Crippen LogP) is 16.6. The summed E-state index contributed by atoms with van der Waals surface area (Å²) < 4.78 is 101. The summed E-state index contributed by atoms with van der Waals surface area (Å²) in [6, 6.07) is 37.6. The zero-order valence-electron chi connectivity index (χ0n) is 42.5. The van der Waals surface area contributed by atoms with Crippen molar-refractivity contribution < 1.29 is 35.8 Å². The minimum atomic E-state index is -4.97. The van der Waals surface area contributed by atoms with Gasteiger partial charge in [0.25, 0.3) is 0 Å². The van der Waals surface area contributed by atoms with Gasteiger partial charge in [0.05, 0.1) is 16.1 Å². The molecule has 1 saturated carbocycles. The molecule has 0 aromatic heterocycles.